The normalized spacial score (nSPS) is 18.7. The van der Waals surface area contributed by atoms with Crippen molar-refractivity contribution in [1.29, 1.82) is 0 Å². The van der Waals surface area contributed by atoms with Gasteiger partial charge in [0.1, 0.15) is 12.1 Å². The number of amides is 4. The number of carbonyl (C=O) groups excluding carboxylic acids is 3. The third-order valence-corrected chi connectivity index (χ3v) is 7.50. The first-order chi connectivity index (χ1) is 18.3. The SMILES string of the molecule is Cc1ccc([C@@H]2c3[nH]c4ccccc4c3C[C@H]3C(=O)N(c4ccc(C(=O)NCC(C)C)cc4)C(=O)N23)cc1. The Labute approximate surface area is 221 Å². The fourth-order valence-corrected chi connectivity index (χ4v) is 5.57. The van der Waals surface area contributed by atoms with Crippen LogP contribution in [0, 0.1) is 12.8 Å². The number of benzene rings is 3. The first-order valence-corrected chi connectivity index (χ1v) is 13.0. The van der Waals surface area contributed by atoms with E-state index in [9.17, 15) is 14.4 Å². The number of nitrogens with zero attached hydrogens (tertiary/aromatic N) is 2. The number of aryl methyl sites for hydroxylation is 1. The molecule has 3 heterocycles. The van der Waals surface area contributed by atoms with Gasteiger partial charge in [0, 0.05) is 35.1 Å². The molecule has 0 saturated carbocycles. The zero-order valence-corrected chi connectivity index (χ0v) is 21.7. The molecule has 7 nitrogen and oxygen atoms in total. The van der Waals surface area contributed by atoms with Crippen LogP contribution in [-0.2, 0) is 11.2 Å². The monoisotopic (exact) mass is 506 g/mol. The summed E-state index contributed by atoms with van der Waals surface area (Å²) >= 11 is 0. The fourth-order valence-electron chi connectivity index (χ4n) is 5.57. The fraction of sp³-hybridized carbons (Fsp3) is 0.258. The highest BCUT2D eigenvalue weighted by Crippen LogP contribution is 2.44. The van der Waals surface area contributed by atoms with Crippen LogP contribution in [-0.4, -0.2) is 40.3 Å². The molecule has 2 aliphatic rings. The van der Waals surface area contributed by atoms with Gasteiger partial charge in [-0.25, -0.2) is 9.69 Å². The summed E-state index contributed by atoms with van der Waals surface area (Å²) in [6, 6.07) is 21.5. The summed E-state index contributed by atoms with van der Waals surface area (Å²) in [5.41, 5.74) is 6.06. The van der Waals surface area contributed by atoms with Crippen molar-refractivity contribution in [3.8, 4) is 0 Å². The highest BCUT2D eigenvalue weighted by Gasteiger charge is 2.53. The maximum atomic E-state index is 14.0. The Morgan fingerprint density at radius 1 is 1.00 bits per heavy atom. The van der Waals surface area contributed by atoms with Crippen LogP contribution in [0.3, 0.4) is 0 Å². The van der Waals surface area contributed by atoms with Crippen molar-refractivity contribution < 1.29 is 14.4 Å². The second-order valence-corrected chi connectivity index (χ2v) is 10.6. The standard InChI is InChI=1S/C31H30N4O3/c1-18(2)17-32-29(36)21-12-14-22(15-13-21)34-30(37)26-16-24-23-6-4-5-7-25(23)33-27(24)28(35(26)31(34)38)20-10-8-19(3)9-11-20/h4-15,18,26,28,33H,16-17H2,1-3H3,(H,32,36)/t26-,28+/m0/s1. The Morgan fingerprint density at radius 3 is 2.42 bits per heavy atom. The van der Waals surface area contributed by atoms with Crippen molar-refractivity contribution in [1.82, 2.24) is 15.2 Å². The van der Waals surface area contributed by atoms with Gasteiger partial charge in [0.15, 0.2) is 0 Å². The average Bonchev–Trinajstić information content (AvgIpc) is 3.41. The van der Waals surface area contributed by atoms with Crippen LogP contribution >= 0.6 is 0 Å². The second kappa shape index (κ2) is 9.17. The molecule has 7 heteroatoms. The van der Waals surface area contributed by atoms with E-state index in [-0.39, 0.29) is 17.8 Å². The highest BCUT2D eigenvalue weighted by atomic mass is 16.2. The van der Waals surface area contributed by atoms with Gasteiger partial charge in [0.2, 0.25) is 0 Å². The molecular formula is C31H30N4O3. The van der Waals surface area contributed by atoms with Crippen molar-refractivity contribution in [3.05, 3.63) is 101 Å². The van der Waals surface area contributed by atoms with E-state index in [1.165, 1.54) is 4.90 Å². The van der Waals surface area contributed by atoms with E-state index in [0.29, 0.717) is 30.1 Å². The van der Waals surface area contributed by atoms with Gasteiger partial charge in [-0.3, -0.25) is 14.5 Å². The molecule has 6 rings (SSSR count). The number of rotatable bonds is 5. The maximum Gasteiger partial charge on any atom is 0.332 e. The van der Waals surface area contributed by atoms with E-state index in [1.54, 1.807) is 29.2 Å². The van der Waals surface area contributed by atoms with Crippen molar-refractivity contribution in [2.24, 2.45) is 5.92 Å². The quantitative estimate of drug-likeness (QED) is 0.358. The zero-order valence-electron chi connectivity index (χ0n) is 21.7. The summed E-state index contributed by atoms with van der Waals surface area (Å²) in [5.74, 6) is -0.0831. The molecule has 3 aromatic carbocycles. The van der Waals surface area contributed by atoms with Crippen LogP contribution in [0.4, 0.5) is 10.5 Å². The number of hydrogen-bond donors (Lipinski definition) is 2. The summed E-state index contributed by atoms with van der Waals surface area (Å²) < 4.78 is 0. The lowest BCUT2D eigenvalue weighted by Gasteiger charge is -2.36. The lowest BCUT2D eigenvalue weighted by Crippen LogP contribution is -2.44. The third-order valence-electron chi connectivity index (χ3n) is 7.50. The number of urea groups is 1. The molecule has 192 valence electrons. The van der Waals surface area contributed by atoms with E-state index in [0.717, 1.165) is 33.3 Å². The van der Waals surface area contributed by atoms with Crippen LogP contribution in [0.15, 0.2) is 72.8 Å². The first-order valence-electron chi connectivity index (χ1n) is 13.0. The van der Waals surface area contributed by atoms with Gasteiger partial charge in [-0.15, -0.1) is 0 Å². The third kappa shape index (κ3) is 3.86. The van der Waals surface area contributed by atoms with Crippen LogP contribution < -0.4 is 10.2 Å². The van der Waals surface area contributed by atoms with Gasteiger partial charge in [-0.1, -0.05) is 61.9 Å². The summed E-state index contributed by atoms with van der Waals surface area (Å²) in [6.07, 6.45) is 0.443. The van der Waals surface area contributed by atoms with E-state index in [4.69, 9.17) is 0 Å². The molecule has 2 N–H and O–H groups in total. The number of nitrogens with one attached hydrogen (secondary N) is 2. The Bertz CT molecular complexity index is 1550. The van der Waals surface area contributed by atoms with Crippen molar-refractivity contribution in [3.63, 3.8) is 0 Å². The smallest absolute Gasteiger partial charge is 0.332 e. The Balaban J connectivity index is 1.38. The van der Waals surface area contributed by atoms with Crippen LogP contribution in [0.1, 0.15) is 52.6 Å². The number of hydrogen-bond acceptors (Lipinski definition) is 3. The molecule has 0 spiro atoms. The highest BCUT2D eigenvalue weighted by molar-refractivity contribution is 6.22. The number of fused-ring (bicyclic) bond motifs is 4. The zero-order chi connectivity index (χ0) is 26.6. The largest absolute Gasteiger partial charge is 0.356 e. The molecule has 4 amide bonds. The van der Waals surface area contributed by atoms with Gasteiger partial charge >= 0.3 is 6.03 Å². The lowest BCUT2D eigenvalue weighted by atomic mass is 9.88. The van der Waals surface area contributed by atoms with Crippen molar-refractivity contribution in [2.75, 3.05) is 11.4 Å². The molecule has 2 atom stereocenters. The molecule has 0 aliphatic carbocycles. The minimum atomic E-state index is -0.616. The molecular weight excluding hydrogens is 476 g/mol. The van der Waals surface area contributed by atoms with Gasteiger partial charge in [0.05, 0.1) is 5.69 Å². The predicted molar refractivity (Wildman–Crippen MR) is 147 cm³/mol. The number of aromatic nitrogens is 1. The number of imide groups is 1. The van der Waals surface area contributed by atoms with Crippen LogP contribution in [0.25, 0.3) is 10.9 Å². The Hall–Kier alpha value is -4.39. The number of aromatic amines is 1. The topological polar surface area (TPSA) is 85.5 Å². The van der Waals surface area contributed by atoms with Gasteiger partial charge in [0.25, 0.3) is 11.8 Å². The maximum absolute atomic E-state index is 14.0. The number of para-hydroxylation sites is 1. The molecule has 1 saturated heterocycles. The van der Waals surface area contributed by atoms with Crippen LogP contribution in [0.5, 0.6) is 0 Å². The Kier molecular flexibility index (Phi) is 5.79. The van der Waals surface area contributed by atoms with Crippen LogP contribution in [0.2, 0.25) is 0 Å². The average molecular weight is 507 g/mol. The molecule has 2 aliphatic heterocycles. The molecule has 1 aromatic heterocycles. The van der Waals surface area contributed by atoms with Gasteiger partial charge < -0.3 is 10.3 Å². The summed E-state index contributed by atoms with van der Waals surface area (Å²) in [5, 5.41) is 3.98. The number of anilines is 1. The lowest BCUT2D eigenvalue weighted by molar-refractivity contribution is -0.120. The van der Waals surface area contributed by atoms with E-state index < -0.39 is 12.1 Å². The summed E-state index contributed by atoms with van der Waals surface area (Å²) in [7, 11) is 0. The molecule has 0 unspecified atom stereocenters. The molecule has 0 bridgehead atoms. The van der Waals surface area contributed by atoms with Gasteiger partial charge in [-0.2, -0.15) is 0 Å². The van der Waals surface area contributed by atoms with Gasteiger partial charge in [-0.05, 0) is 54.3 Å². The van der Waals surface area contributed by atoms with Crippen molar-refractivity contribution >= 4 is 34.4 Å². The molecule has 4 aromatic rings. The minimum absolute atomic E-state index is 0.174. The van der Waals surface area contributed by atoms with Crippen molar-refractivity contribution in [2.45, 2.75) is 39.3 Å². The van der Waals surface area contributed by atoms with E-state index in [2.05, 4.69) is 16.4 Å². The van der Waals surface area contributed by atoms with E-state index >= 15 is 0 Å². The Morgan fingerprint density at radius 2 is 1.71 bits per heavy atom. The molecule has 38 heavy (non-hydrogen) atoms. The molecule has 0 radical (unpaired) electrons. The number of carbonyl (C=O) groups is 3. The minimum Gasteiger partial charge on any atom is -0.356 e. The summed E-state index contributed by atoms with van der Waals surface area (Å²) in [4.78, 5) is 46.8. The number of H-pyrrole nitrogens is 1. The second-order valence-electron chi connectivity index (χ2n) is 10.6. The molecule has 1 fully saturated rings. The van der Waals surface area contributed by atoms with E-state index in [1.807, 2.05) is 63.2 Å². The summed E-state index contributed by atoms with van der Waals surface area (Å²) in [6.45, 7) is 6.67. The predicted octanol–water partition coefficient (Wildman–Crippen LogP) is 5.35. The first kappa shape index (κ1) is 24.0.